The Morgan fingerprint density at radius 2 is 1.91 bits per heavy atom. The number of carbonyl (C=O) groups excluding carboxylic acids is 3. The number of hydrogen-bond donors (Lipinski definition) is 1. The van der Waals surface area contributed by atoms with E-state index < -0.39 is 34.2 Å². The van der Waals surface area contributed by atoms with Crippen molar-refractivity contribution in [2.45, 2.75) is 81.5 Å². The summed E-state index contributed by atoms with van der Waals surface area (Å²) < 4.78 is 4.76. The average Bonchev–Trinajstić information content (AvgIpc) is 3.13. The standard InChI is InChI=1S/C26H38N2O5S/c1-16(2)17(15-29)28-21-23(31)27(25(3,4)5)13-10-12-26(21)20(22(28)30)19-18(34-26)11-8-6-7-9-14-33-24(19)32/h8,10-12,16-21,29H,6-7,9,13-15H2,1-5H3/b11-8-/t17-,18+,19-,20-,21?,26-/m0/s1. The first-order valence-electron chi connectivity index (χ1n) is 12.5. The number of rotatable bonds is 3. The lowest BCUT2D eigenvalue weighted by atomic mass is 9.78. The van der Waals surface area contributed by atoms with Crippen molar-refractivity contribution in [3.05, 3.63) is 24.3 Å². The average molecular weight is 491 g/mol. The molecule has 0 saturated carbocycles. The van der Waals surface area contributed by atoms with E-state index in [4.69, 9.17) is 4.74 Å². The number of carbonyl (C=O) groups is 3. The minimum absolute atomic E-state index is 0.0513. The Balaban J connectivity index is 1.88. The highest BCUT2D eigenvalue weighted by Crippen LogP contribution is 2.61. The van der Waals surface area contributed by atoms with Crippen LogP contribution in [0.3, 0.4) is 0 Å². The molecule has 7 nitrogen and oxygen atoms in total. The highest BCUT2D eigenvalue weighted by Gasteiger charge is 2.72. The topological polar surface area (TPSA) is 87.2 Å². The van der Waals surface area contributed by atoms with Crippen LogP contribution in [0.15, 0.2) is 24.3 Å². The second kappa shape index (κ2) is 9.34. The third-order valence-electron chi connectivity index (χ3n) is 7.66. The van der Waals surface area contributed by atoms with Gasteiger partial charge in [-0.3, -0.25) is 14.4 Å². The molecule has 1 N–H and O–H groups in total. The molecule has 1 unspecified atom stereocenters. The number of hydrogen-bond acceptors (Lipinski definition) is 6. The van der Waals surface area contributed by atoms with Gasteiger partial charge >= 0.3 is 5.97 Å². The molecule has 6 atom stereocenters. The molecule has 2 saturated heterocycles. The van der Waals surface area contributed by atoms with Crippen LogP contribution >= 0.6 is 11.8 Å². The summed E-state index contributed by atoms with van der Waals surface area (Å²) in [5, 5.41) is 10.1. The number of cyclic esters (lactones) is 1. The summed E-state index contributed by atoms with van der Waals surface area (Å²) in [6, 6.07) is -1.30. The van der Waals surface area contributed by atoms with E-state index in [1.807, 2.05) is 57.7 Å². The zero-order valence-electron chi connectivity index (χ0n) is 20.9. The summed E-state index contributed by atoms with van der Waals surface area (Å²) in [6.07, 6.45) is 10.8. The van der Waals surface area contributed by atoms with Crippen molar-refractivity contribution in [1.29, 1.82) is 0 Å². The van der Waals surface area contributed by atoms with E-state index in [-0.39, 0.29) is 35.6 Å². The van der Waals surface area contributed by atoms with E-state index in [1.165, 1.54) is 0 Å². The van der Waals surface area contributed by atoms with Crippen LogP contribution < -0.4 is 0 Å². The lowest BCUT2D eigenvalue weighted by Crippen LogP contribution is -2.60. The molecule has 0 aromatic heterocycles. The van der Waals surface area contributed by atoms with Crippen molar-refractivity contribution in [1.82, 2.24) is 9.80 Å². The minimum atomic E-state index is -0.886. The number of nitrogens with zero attached hydrogens (tertiary/aromatic N) is 2. The van der Waals surface area contributed by atoms with Gasteiger partial charge in [-0.1, -0.05) is 38.2 Å². The van der Waals surface area contributed by atoms with Gasteiger partial charge in [-0.2, -0.15) is 0 Å². The van der Waals surface area contributed by atoms with Crippen LogP contribution in [0.2, 0.25) is 0 Å². The van der Waals surface area contributed by atoms with Crippen molar-refractivity contribution in [2.24, 2.45) is 17.8 Å². The van der Waals surface area contributed by atoms with Gasteiger partial charge in [0.25, 0.3) is 0 Å². The Hall–Kier alpha value is -1.80. The van der Waals surface area contributed by atoms with E-state index in [9.17, 15) is 19.5 Å². The first kappa shape index (κ1) is 25.3. The van der Waals surface area contributed by atoms with Crippen molar-refractivity contribution in [3.8, 4) is 0 Å². The molecule has 188 valence electrons. The molecule has 0 radical (unpaired) electrons. The van der Waals surface area contributed by atoms with Gasteiger partial charge < -0.3 is 19.6 Å². The number of aliphatic hydroxyl groups is 1. The summed E-state index contributed by atoms with van der Waals surface area (Å²) in [7, 11) is 0. The molecule has 2 amide bonds. The monoisotopic (exact) mass is 490 g/mol. The molecule has 2 fully saturated rings. The molecule has 1 spiro atoms. The second-order valence-electron chi connectivity index (χ2n) is 11.2. The maximum absolute atomic E-state index is 14.2. The molecular formula is C26H38N2O5S. The maximum Gasteiger partial charge on any atom is 0.311 e. The van der Waals surface area contributed by atoms with Gasteiger partial charge in [0, 0.05) is 17.3 Å². The summed E-state index contributed by atoms with van der Waals surface area (Å²) in [5.74, 6) is -2.14. The van der Waals surface area contributed by atoms with Gasteiger partial charge in [0.2, 0.25) is 11.8 Å². The van der Waals surface area contributed by atoms with Crippen LogP contribution in [0.25, 0.3) is 0 Å². The van der Waals surface area contributed by atoms with Gasteiger partial charge in [0.05, 0.1) is 35.8 Å². The first-order valence-corrected chi connectivity index (χ1v) is 13.4. The van der Waals surface area contributed by atoms with Gasteiger partial charge in [0.15, 0.2) is 0 Å². The van der Waals surface area contributed by atoms with Crippen LogP contribution in [-0.2, 0) is 19.1 Å². The molecule has 4 rings (SSSR count). The smallest absolute Gasteiger partial charge is 0.311 e. The normalized spacial score (nSPS) is 36.0. The zero-order chi connectivity index (χ0) is 24.8. The predicted octanol–water partition coefficient (Wildman–Crippen LogP) is 2.78. The Labute approximate surface area is 206 Å². The fraction of sp³-hybridized carbons (Fsp3) is 0.731. The number of aliphatic hydroxyl groups excluding tert-OH is 1. The number of esters is 1. The van der Waals surface area contributed by atoms with Crippen LogP contribution in [0.5, 0.6) is 0 Å². The van der Waals surface area contributed by atoms with Crippen LogP contribution in [-0.4, -0.2) is 80.1 Å². The Kier molecular flexibility index (Phi) is 6.95. The molecule has 4 heterocycles. The Morgan fingerprint density at radius 3 is 2.56 bits per heavy atom. The predicted molar refractivity (Wildman–Crippen MR) is 132 cm³/mol. The molecule has 0 aromatic carbocycles. The maximum atomic E-state index is 14.2. The van der Waals surface area contributed by atoms with E-state index in [2.05, 4.69) is 6.08 Å². The highest BCUT2D eigenvalue weighted by atomic mass is 32.2. The second-order valence-corrected chi connectivity index (χ2v) is 12.7. The molecule has 4 aliphatic heterocycles. The third-order valence-corrected chi connectivity index (χ3v) is 9.41. The highest BCUT2D eigenvalue weighted by molar-refractivity contribution is 8.02. The van der Waals surface area contributed by atoms with E-state index >= 15 is 0 Å². The summed E-state index contributed by atoms with van der Waals surface area (Å²) >= 11 is 1.55. The summed E-state index contributed by atoms with van der Waals surface area (Å²) in [6.45, 7) is 10.4. The third kappa shape index (κ3) is 4.00. The number of amides is 2. The number of likely N-dealkylation sites (tertiary alicyclic amines) is 1. The lowest BCUT2D eigenvalue weighted by Gasteiger charge is -2.43. The molecule has 0 aromatic rings. The van der Waals surface area contributed by atoms with Gasteiger partial charge in [-0.05, 0) is 46.0 Å². The number of ether oxygens (including phenoxy) is 1. The molecule has 0 bridgehead atoms. The van der Waals surface area contributed by atoms with Crippen LogP contribution in [0.4, 0.5) is 0 Å². The molecule has 4 aliphatic rings. The molecule has 34 heavy (non-hydrogen) atoms. The first-order chi connectivity index (χ1) is 16.0. The van der Waals surface area contributed by atoms with Crippen molar-refractivity contribution in [3.63, 3.8) is 0 Å². The Bertz CT molecular complexity index is 894. The SMILES string of the molecule is CC(C)[C@H](CO)N1C(=O)[C@@H]2[C@H]3C(=O)OCCCC/C=C\[C@H]3S[C@@]23C=CCN(C(C)(C)C)C(=O)C13. The van der Waals surface area contributed by atoms with E-state index in [0.29, 0.717) is 13.2 Å². The Morgan fingerprint density at radius 1 is 1.18 bits per heavy atom. The van der Waals surface area contributed by atoms with Gasteiger partial charge in [0.1, 0.15) is 6.04 Å². The quantitative estimate of drug-likeness (QED) is 0.484. The fourth-order valence-corrected chi connectivity index (χ4v) is 7.93. The van der Waals surface area contributed by atoms with Gasteiger partial charge in [-0.25, -0.2) is 0 Å². The number of thioether (sulfide) groups is 1. The van der Waals surface area contributed by atoms with E-state index in [1.54, 1.807) is 16.7 Å². The number of allylic oxidation sites excluding steroid dienone is 1. The van der Waals surface area contributed by atoms with E-state index in [0.717, 1.165) is 19.3 Å². The summed E-state index contributed by atoms with van der Waals surface area (Å²) in [4.78, 5) is 45.2. The zero-order valence-corrected chi connectivity index (χ0v) is 21.7. The van der Waals surface area contributed by atoms with Crippen LogP contribution in [0, 0.1) is 17.8 Å². The molecule has 0 aliphatic carbocycles. The van der Waals surface area contributed by atoms with Crippen molar-refractivity contribution < 1.29 is 24.2 Å². The van der Waals surface area contributed by atoms with Crippen LogP contribution in [0.1, 0.15) is 53.9 Å². The fourth-order valence-electron chi connectivity index (χ4n) is 5.94. The van der Waals surface area contributed by atoms with Gasteiger partial charge in [-0.15, -0.1) is 11.8 Å². The number of fused-ring (bicyclic) bond motifs is 2. The largest absolute Gasteiger partial charge is 0.465 e. The summed E-state index contributed by atoms with van der Waals surface area (Å²) in [5.41, 5.74) is -0.439. The minimum Gasteiger partial charge on any atom is -0.465 e. The van der Waals surface area contributed by atoms with Crippen molar-refractivity contribution >= 4 is 29.5 Å². The molecular weight excluding hydrogens is 452 g/mol. The van der Waals surface area contributed by atoms with Crippen molar-refractivity contribution in [2.75, 3.05) is 19.8 Å². The molecule has 8 heteroatoms. The lowest BCUT2D eigenvalue weighted by molar-refractivity contribution is -0.154.